The van der Waals surface area contributed by atoms with Crippen LogP contribution in [0.25, 0.3) is 0 Å². The van der Waals surface area contributed by atoms with Crippen LogP contribution in [0.4, 0.5) is 0 Å². The molecule has 4 nitrogen and oxygen atoms in total. The molecule has 0 spiro atoms. The number of hydrogen-bond acceptors (Lipinski definition) is 3. The van der Waals surface area contributed by atoms with Crippen LogP contribution in [-0.4, -0.2) is 49.2 Å². The van der Waals surface area contributed by atoms with Gasteiger partial charge in [-0.05, 0) is 18.8 Å². The SMILES string of the molecule is CC(C)CN(C(=O)CC1CNCCO1)C1CCCC1. The van der Waals surface area contributed by atoms with Gasteiger partial charge in [-0.1, -0.05) is 26.7 Å². The molecule has 19 heavy (non-hydrogen) atoms. The summed E-state index contributed by atoms with van der Waals surface area (Å²) >= 11 is 0. The maximum atomic E-state index is 12.6. The highest BCUT2D eigenvalue weighted by molar-refractivity contribution is 5.77. The molecule has 1 N–H and O–H groups in total. The van der Waals surface area contributed by atoms with E-state index >= 15 is 0 Å². The number of hydrogen-bond donors (Lipinski definition) is 1. The summed E-state index contributed by atoms with van der Waals surface area (Å²) in [6.45, 7) is 7.71. The lowest BCUT2D eigenvalue weighted by Crippen LogP contribution is -2.46. The molecule has 0 bridgehead atoms. The first-order chi connectivity index (χ1) is 9.16. The van der Waals surface area contributed by atoms with Gasteiger partial charge in [-0.2, -0.15) is 0 Å². The van der Waals surface area contributed by atoms with E-state index in [9.17, 15) is 4.79 Å². The van der Waals surface area contributed by atoms with Crippen molar-refractivity contribution in [3.63, 3.8) is 0 Å². The van der Waals surface area contributed by atoms with Crippen LogP contribution in [0.15, 0.2) is 0 Å². The number of nitrogens with one attached hydrogen (secondary N) is 1. The van der Waals surface area contributed by atoms with Crippen LogP contribution in [0.3, 0.4) is 0 Å². The smallest absolute Gasteiger partial charge is 0.225 e. The first-order valence-corrected chi connectivity index (χ1v) is 7.78. The maximum Gasteiger partial charge on any atom is 0.225 e. The topological polar surface area (TPSA) is 41.6 Å². The highest BCUT2D eigenvalue weighted by atomic mass is 16.5. The van der Waals surface area contributed by atoms with Gasteiger partial charge in [0.15, 0.2) is 0 Å². The Morgan fingerprint density at radius 2 is 2.11 bits per heavy atom. The molecule has 1 aliphatic heterocycles. The molecule has 1 atom stereocenters. The number of ether oxygens (including phenoxy) is 1. The fraction of sp³-hybridized carbons (Fsp3) is 0.933. The second-order valence-electron chi connectivity index (χ2n) is 6.28. The molecular weight excluding hydrogens is 240 g/mol. The van der Waals surface area contributed by atoms with Gasteiger partial charge >= 0.3 is 0 Å². The molecule has 0 aromatic carbocycles. The zero-order valence-corrected chi connectivity index (χ0v) is 12.4. The zero-order chi connectivity index (χ0) is 13.7. The summed E-state index contributed by atoms with van der Waals surface area (Å²) in [6, 6.07) is 0.478. The van der Waals surface area contributed by atoms with Gasteiger partial charge in [-0.15, -0.1) is 0 Å². The van der Waals surface area contributed by atoms with Crippen LogP contribution in [0.2, 0.25) is 0 Å². The van der Waals surface area contributed by atoms with Crippen molar-refractivity contribution in [2.75, 3.05) is 26.2 Å². The molecule has 4 heteroatoms. The molecule has 0 aromatic heterocycles. The zero-order valence-electron chi connectivity index (χ0n) is 12.4. The van der Waals surface area contributed by atoms with E-state index in [4.69, 9.17) is 4.74 Å². The Morgan fingerprint density at radius 1 is 1.37 bits per heavy atom. The van der Waals surface area contributed by atoms with Gasteiger partial charge in [0.25, 0.3) is 0 Å². The summed E-state index contributed by atoms with van der Waals surface area (Å²) in [7, 11) is 0. The number of nitrogens with zero attached hydrogens (tertiary/aromatic N) is 1. The van der Waals surface area contributed by atoms with Crippen LogP contribution in [-0.2, 0) is 9.53 Å². The van der Waals surface area contributed by atoms with Crippen molar-refractivity contribution in [1.82, 2.24) is 10.2 Å². The molecular formula is C15H28N2O2. The molecule has 1 aliphatic carbocycles. The van der Waals surface area contributed by atoms with Crippen molar-refractivity contribution in [1.29, 1.82) is 0 Å². The van der Waals surface area contributed by atoms with E-state index in [0.717, 1.165) is 26.2 Å². The highest BCUT2D eigenvalue weighted by Gasteiger charge is 2.29. The van der Waals surface area contributed by atoms with Crippen LogP contribution < -0.4 is 5.32 Å². The molecule has 1 saturated carbocycles. The first kappa shape index (κ1) is 14.8. The lowest BCUT2D eigenvalue weighted by Gasteiger charge is -2.33. The minimum atomic E-state index is 0.0670. The van der Waals surface area contributed by atoms with Gasteiger partial charge in [-0.25, -0.2) is 0 Å². The van der Waals surface area contributed by atoms with Crippen LogP contribution in [0.1, 0.15) is 46.0 Å². The van der Waals surface area contributed by atoms with E-state index in [0.29, 0.717) is 18.4 Å². The average Bonchev–Trinajstić information content (AvgIpc) is 2.90. The van der Waals surface area contributed by atoms with Gasteiger partial charge < -0.3 is 15.0 Å². The summed E-state index contributed by atoms with van der Waals surface area (Å²) in [5.41, 5.74) is 0. The Kier molecular flexibility index (Phi) is 5.64. The van der Waals surface area contributed by atoms with E-state index in [1.165, 1.54) is 25.7 Å². The molecule has 0 aromatic rings. The van der Waals surface area contributed by atoms with E-state index in [-0.39, 0.29) is 12.0 Å². The number of amides is 1. The number of carbonyl (C=O) groups is 1. The number of rotatable bonds is 5. The summed E-state index contributed by atoms with van der Waals surface area (Å²) < 4.78 is 5.66. The summed E-state index contributed by atoms with van der Waals surface area (Å²) in [5, 5.41) is 3.29. The van der Waals surface area contributed by atoms with E-state index in [2.05, 4.69) is 24.1 Å². The Hall–Kier alpha value is -0.610. The minimum absolute atomic E-state index is 0.0670. The van der Waals surface area contributed by atoms with Crippen molar-refractivity contribution in [2.24, 2.45) is 5.92 Å². The summed E-state index contributed by atoms with van der Waals surface area (Å²) in [4.78, 5) is 14.7. The monoisotopic (exact) mass is 268 g/mol. The quantitative estimate of drug-likeness (QED) is 0.826. The van der Waals surface area contributed by atoms with Crippen molar-refractivity contribution in [3.05, 3.63) is 0 Å². The Bertz CT molecular complexity index is 282. The molecule has 2 rings (SSSR count). The van der Waals surface area contributed by atoms with Gasteiger partial charge in [0.2, 0.25) is 5.91 Å². The Balaban J connectivity index is 1.89. The predicted molar refractivity (Wildman–Crippen MR) is 76.0 cm³/mol. The standard InChI is InChI=1S/C15H28N2O2/c1-12(2)11-17(13-5-3-4-6-13)15(18)9-14-10-16-7-8-19-14/h12-14,16H,3-11H2,1-2H3. The van der Waals surface area contributed by atoms with Crippen molar-refractivity contribution in [3.8, 4) is 0 Å². The molecule has 1 saturated heterocycles. The predicted octanol–water partition coefficient (Wildman–Crippen LogP) is 1.79. The second-order valence-corrected chi connectivity index (χ2v) is 6.28. The average molecular weight is 268 g/mol. The van der Waals surface area contributed by atoms with E-state index in [1.54, 1.807) is 0 Å². The number of carbonyl (C=O) groups excluding carboxylic acids is 1. The Morgan fingerprint density at radius 3 is 2.68 bits per heavy atom. The van der Waals surface area contributed by atoms with E-state index in [1.807, 2.05) is 0 Å². The van der Waals surface area contributed by atoms with Gasteiger partial charge in [0.1, 0.15) is 0 Å². The number of morpholine rings is 1. The third-order valence-corrected chi connectivity index (χ3v) is 4.05. The van der Waals surface area contributed by atoms with Crippen LogP contribution in [0.5, 0.6) is 0 Å². The normalized spacial score (nSPS) is 24.9. The van der Waals surface area contributed by atoms with Crippen LogP contribution >= 0.6 is 0 Å². The van der Waals surface area contributed by atoms with Gasteiger partial charge in [0, 0.05) is 25.7 Å². The Labute approximate surface area is 116 Å². The van der Waals surface area contributed by atoms with Gasteiger partial charge in [-0.3, -0.25) is 4.79 Å². The molecule has 0 radical (unpaired) electrons. The van der Waals surface area contributed by atoms with Gasteiger partial charge in [0.05, 0.1) is 19.1 Å². The lowest BCUT2D eigenvalue weighted by molar-refractivity contribution is -0.137. The minimum Gasteiger partial charge on any atom is -0.375 e. The second kappa shape index (κ2) is 7.25. The fourth-order valence-electron chi connectivity index (χ4n) is 3.13. The molecule has 1 unspecified atom stereocenters. The molecule has 2 fully saturated rings. The summed E-state index contributed by atoms with van der Waals surface area (Å²) in [6.07, 6.45) is 5.51. The largest absolute Gasteiger partial charge is 0.375 e. The molecule has 110 valence electrons. The molecule has 1 heterocycles. The van der Waals surface area contributed by atoms with E-state index < -0.39 is 0 Å². The third-order valence-electron chi connectivity index (χ3n) is 4.05. The van der Waals surface area contributed by atoms with Crippen molar-refractivity contribution >= 4 is 5.91 Å². The molecule has 2 aliphatic rings. The van der Waals surface area contributed by atoms with Crippen molar-refractivity contribution in [2.45, 2.75) is 58.1 Å². The summed E-state index contributed by atoms with van der Waals surface area (Å²) in [5.74, 6) is 0.823. The third kappa shape index (κ3) is 4.46. The fourth-order valence-corrected chi connectivity index (χ4v) is 3.13. The highest BCUT2D eigenvalue weighted by Crippen LogP contribution is 2.25. The van der Waals surface area contributed by atoms with Crippen LogP contribution in [0, 0.1) is 5.92 Å². The van der Waals surface area contributed by atoms with Crippen molar-refractivity contribution < 1.29 is 9.53 Å². The maximum absolute atomic E-state index is 12.6. The molecule has 1 amide bonds. The lowest BCUT2D eigenvalue weighted by atomic mass is 10.1. The first-order valence-electron chi connectivity index (χ1n) is 7.78.